The summed E-state index contributed by atoms with van der Waals surface area (Å²) < 4.78 is 26.6. The van der Waals surface area contributed by atoms with Crippen molar-refractivity contribution in [2.75, 3.05) is 18.9 Å². The van der Waals surface area contributed by atoms with Crippen LogP contribution in [0.25, 0.3) is 0 Å². The molecule has 8 nitrogen and oxygen atoms in total. The van der Waals surface area contributed by atoms with Crippen LogP contribution in [0.4, 0.5) is 5.69 Å². The van der Waals surface area contributed by atoms with Gasteiger partial charge in [0.2, 0.25) is 0 Å². The average molecular weight is 303 g/mol. The Bertz CT molecular complexity index is 501. The van der Waals surface area contributed by atoms with Crippen molar-refractivity contribution in [2.45, 2.75) is 13.8 Å². The van der Waals surface area contributed by atoms with Crippen LogP contribution >= 0.6 is 7.82 Å². The van der Waals surface area contributed by atoms with Crippen molar-refractivity contribution < 1.29 is 23.0 Å². The fraction of sp³-hybridized carbons (Fsp3) is 0.364. The maximum atomic E-state index is 12.1. The zero-order chi connectivity index (χ0) is 15.2. The minimum absolute atomic E-state index is 0.0762. The smallest absolute Gasteiger partial charge is 0.398 e. The van der Waals surface area contributed by atoms with Gasteiger partial charge < -0.3 is 5.73 Å². The first kappa shape index (κ1) is 16.6. The summed E-state index contributed by atoms with van der Waals surface area (Å²) in [6, 6.07) is 6.28. The van der Waals surface area contributed by atoms with E-state index in [-0.39, 0.29) is 24.5 Å². The predicted octanol–water partition coefficient (Wildman–Crippen LogP) is 1.70. The molecule has 0 saturated carbocycles. The molecule has 0 bridgehead atoms. The number of carbonyl (C=O) groups excluding carboxylic acids is 1. The monoisotopic (exact) mass is 303 g/mol. The highest BCUT2D eigenvalue weighted by Gasteiger charge is 2.31. The predicted molar refractivity (Wildman–Crippen MR) is 73.2 cm³/mol. The van der Waals surface area contributed by atoms with Crippen LogP contribution < -0.4 is 11.6 Å². The van der Waals surface area contributed by atoms with Crippen LogP contribution in [-0.2, 0) is 18.2 Å². The fourth-order valence-corrected chi connectivity index (χ4v) is 2.45. The molecule has 1 amide bonds. The highest BCUT2D eigenvalue weighted by atomic mass is 31.2. The second kappa shape index (κ2) is 7.37. The third-order valence-electron chi connectivity index (χ3n) is 2.15. The van der Waals surface area contributed by atoms with Crippen LogP contribution in [0, 0.1) is 0 Å². The molecule has 0 spiro atoms. The molecule has 0 saturated heterocycles. The first-order chi connectivity index (χ1) is 9.43. The van der Waals surface area contributed by atoms with Crippen LogP contribution in [-0.4, -0.2) is 24.3 Å². The van der Waals surface area contributed by atoms with Gasteiger partial charge in [-0.1, -0.05) is 12.1 Å². The number of phosphoric ester groups is 1. The van der Waals surface area contributed by atoms with Crippen LogP contribution in [0.2, 0.25) is 0 Å². The number of nitrogen functional groups attached to an aromatic ring is 1. The molecule has 4 N–H and O–H groups in total. The molecule has 1 rings (SSSR count). The van der Waals surface area contributed by atoms with Gasteiger partial charge in [-0.3, -0.25) is 13.8 Å². The SMILES string of the molecule is CCOP(=O)(OCC)ON(N)C(=O)c1ccccc1N. The average Bonchev–Trinajstić information content (AvgIpc) is 2.38. The molecule has 20 heavy (non-hydrogen) atoms. The Labute approximate surface area is 117 Å². The molecule has 0 heterocycles. The number of anilines is 1. The molecule has 1 aromatic rings. The largest absolute Gasteiger partial charge is 0.497 e. The third-order valence-corrected chi connectivity index (χ3v) is 3.68. The number of amides is 1. The van der Waals surface area contributed by atoms with Crippen molar-refractivity contribution in [2.24, 2.45) is 5.84 Å². The minimum atomic E-state index is -3.93. The number of nitrogens with zero attached hydrogens (tertiary/aromatic N) is 1. The lowest BCUT2D eigenvalue weighted by atomic mass is 10.2. The van der Waals surface area contributed by atoms with Crippen LogP contribution in [0.5, 0.6) is 0 Å². The van der Waals surface area contributed by atoms with Crippen molar-refractivity contribution in [1.29, 1.82) is 0 Å². The van der Waals surface area contributed by atoms with Gasteiger partial charge in [0.15, 0.2) is 0 Å². The number of rotatable bonds is 7. The summed E-state index contributed by atoms with van der Waals surface area (Å²) in [5.41, 5.74) is 5.99. The molecule has 112 valence electrons. The van der Waals surface area contributed by atoms with Crippen molar-refractivity contribution in [1.82, 2.24) is 5.17 Å². The molecule has 0 aromatic heterocycles. The number of nitrogens with two attached hydrogens (primary N) is 2. The summed E-state index contributed by atoms with van der Waals surface area (Å²) in [6.45, 7) is 3.36. The number of carbonyl (C=O) groups is 1. The van der Waals surface area contributed by atoms with E-state index >= 15 is 0 Å². The van der Waals surface area contributed by atoms with Gasteiger partial charge in [-0.15, -0.1) is 9.80 Å². The Morgan fingerprint density at radius 2 is 1.80 bits per heavy atom. The van der Waals surface area contributed by atoms with E-state index in [1.807, 2.05) is 0 Å². The molecule has 0 aliphatic rings. The number of hydroxylamine groups is 1. The van der Waals surface area contributed by atoms with Gasteiger partial charge in [-0.2, -0.15) is 0 Å². The van der Waals surface area contributed by atoms with Gasteiger partial charge in [-0.25, -0.2) is 10.4 Å². The molecule has 0 aliphatic carbocycles. The minimum Gasteiger partial charge on any atom is -0.398 e. The molecular weight excluding hydrogens is 285 g/mol. The second-order valence-corrected chi connectivity index (χ2v) is 5.16. The van der Waals surface area contributed by atoms with E-state index in [1.54, 1.807) is 26.0 Å². The summed E-state index contributed by atoms with van der Waals surface area (Å²) >= 11 is 0. The Balaban J connectivity index is 2.84. The number of hydrazine groups is 1. The lowest BCUT2D eigenvalue weighted by Gasteiger charge is -2.21. The van der Waals surface area contributed by atoms with Crippen LogP contribution in [0.15, 0.2) is 24.3 Å². The molecule has 0 unspecified atom stereocenters. The second-order valence-electron chi connectivity index (χ2n) is 3.58. The van der Waals surface area contributed by atoms with Gasteiger partial charge in [0.25, 0.3) is 5.91 Å². The van der Waals surface area contributed by atoms with E-state index in [2.05, 4.69) is 0 Å². The Kier molecular flexibility index (Phi) is 6.12. The normalized spacial score (nSPS) is 11.3. The molecule has 0 aliphatic heterocycles. The molecule has 0 radical (unpaired) electrons. The Morgan fingerprint density at radius 1 is 1.25 bits per heavy atom. The molecule has 9 heteroatoms. The quantitative estimate of drug-likeness (QED) is 0.259. The molecule has 0 atom stereocenters. The lowest BCUT2D eigenvalue weighted by Crippen LogP contribution is -2.37. The van der Waals surface area contributed by atoms with E-state index in [9.17, 15) is 9.36 Å². The summed E-state index contributed by atoms with van der Waals surface area (Å²) in [7, 11) is -3.93. The first-order valence-corrected chi connectivity index (χ1v) is 7.42. The summed E-state index contributed by atoms with van der Waals surface area (Å²) in [6.07, 6.45) is 0. The highest BCUT2D eigenvalue weighted by Crippen LogP contribution is 2.49. The van der Waals surface area contributed by atoms with E-state index in [4.69, 9.17) is 25.2 Å². The first-order valence-electron chi connectivity index (χ1n) is 5.96. The van der Waals surface area contributed by atoms with Gasteiger partial charge >= 0.3 is 7.82 Å². The van der Waals surface area contributed by atoms with Crippen molar-refractivity contribution in [3.05, 3.63) is 29.8 Å². The fourth-order valence-electron chi connectivity index (χ4n) is 1.36. The molecule has 1 aromatic carbocycles. The summed E-state index contributed by atoms with van der Waals surface area (Å²) in [5.74, 6) is 4.68. The van der Waals surface area contributed by atoms with Crippen molar-refractivity contribution in [3.63, 3.8) is 0 Å². The van der Waals surface area contributed by atoms with Crippen molar-refractivity contribution >= 4 is 19.4 Å². The van der Waals surface area contributed by atoms with E-state index in [0.29, 0.717) is 5.17 Å². The van der Waals surface area contributed by atoms with Crippen molar-refractivity contribution in [3.8, 4) is 0 Å². The number of benzene rings is 1. The number of hydrogen-bond donors (Lipinski definition) is 2. The topological polar surface area (TPSA) is 117 Å². The number of phosphoric acid groups is 1. The molecule has 0 fully saturated rings. The highest BCUT2D eigenvalue weighted by molar-refractivity contribution is 7.48. The Hall–Kier alpha value is -1.44. The lowest BCUT2D eigenvalue weighted by molar-refractivity contribution is -0.0651. The van der Waals surface area contributed by atoms with E-state index in [0.717, 1.165) is 0 Å². The van der Waals surface area contributed by atoms with Gasteiger partial charge in [-0.05, 0) is 26.0 Å². The Morgan fingerprint density at radius 3 is 2.30 bits per heavy atom. The zero-order valence-electron chi connectivity index (χ0n) is 11.3. The summed E-state index contributed by atoms with van der Waals surface area (Å²) in [5, 5.41) is 0.303. The standard InChI is InChI=1S/C11H18N3O5P/c1-3-17-20(16,18-4-2)19-14(13)11(15)9-7-5-6-8-10(9)12/h5-8H,3-4,12-13H2,1-2H3. The van der Waals surface area contributed by atoms with Crippen LogP contribution in [0.1, 0.15) is 24.2 Å². The van der Waals surface area contributed by atoms with Gasteiger partial charge in [0.05, 0.1) is 18.8 Å². The number of para-hydroxylation sites is 1. The summed E-state index contributed by atoms with van der Waals surface area (Å²) in [4.78, 5) is 12.0. The maximum Gasteiger partial charge on any atom is 0.497 e. The van der Waals surface area contributed by atoms with Crippen LogP contribution in [0.3, 0.4) is 0 Å². The van der Waals surface area contributed by atoms with E-state index < -0.39 is 13.7 Å². The number of hydrogen-bond acceptors (Lipinski definition) is 7. The third kappa shape index (κ3) is 4.29. The van der Waals surface area contributed by atoms with Gasteiger partial charge in [0, 0.05) is 5.69 Å². The maximum absolute atomic E-state index is 12.1. The molecular formula is C11H18N3O5P. The van der Waals surface area contributed by atoms with E-state index in [1.165, 1.54) is 12.1 Å². The zero-order valence-corrected chi connectivity index (χ0v) is 12.2. The van der Waals surface area contributed by atoms with Gasteiger partial charge in [0.1, 0.15) is 0 Å².